The molecule has 164 valence electrons. The van der Waals surface area contributed by atoms with Crippen molar-refractivity contribution in [2.75, 3.05) is 26.2 Å². The minimum absolute atomic E-state index is 0.319. The van der Waals surface area contributed by atoms with Crippen LogP contribution in [0.5, 0.6) is 17.2 Å². The normalized spacial score (nSPS) is 13.7. The molecule has 0 aliphatic carbocycles. The number of nitrogens with zero attached hydrogens (tertiary/aromatic N) is 1. The van der Waals surface area contributed by atoms with Crippen LogP contribution in [0.2, 0.25) is 0 Å². The van der Waals surface area contributed by atoms with Crippen molar-refractivity contribution >= 4 is 34.8 Å². The first kappa shape index (κ1) is 21.6. The van der Waals surface area contributed by atoms with E-state index in [2.05, 4.69) is 0 Å². The van der Waals surface area contributed by atoms with E-state index in [1.54, 1.807) is 61.9 Å². The molecule has 0 fully saturated rings. The van der Waals surface area contributed by atoms with E-state index in [4.69, 9.17) is 18.6 Å². The molecule has 2 amide bonds. The van der Waals surface area contributed by atoms with Gasteiger partial charge in [-0.05, 0) is 42.0 Å². The van der Waals surface area contributed by atoms with Gasteiger partial charge in [0.05, 0.1) is 49.5 Å². The molecule has 4 rings (SSSR count). The van der Waals surface area contributed by atoms with Crippen molar-refractivity contribution in [3.05, 3.63) is 77.1 Å². The fourth-order valence-corrected chi connectivity index (χ4v) is 4.40. The largest absolute Gasteiger partial charge is 0.497 e. The molecule has 0 radical (unpaired) electrons. The Balaban J connectivity index is 1.78. The molecule has 0 bridgehead atoms. The van der Waals surface area contributed by atoms with E-state index in [1.807, 2.05) is 6.07 Å². The second kappa shape index (κ2) is 9.23. The minimum atomic E-state index is -0.436. The molecule has 2 heterocycles. The average molecular weight is 452 g/mol. The van der Waals surface area contributed by atoms with Crippen LogP contribution in [0, 0.1) is 0 Å². The number of methoxy groups -OCH3 is 3. The second-order valence-electron chi connectivity index (χ2n) is 6.78. The first-order valence-electron chi connectivity index (χ1n) is 9.72. The number of carbonyl (C=O) groups is 2. The van der Waals surface area contributed by atoms with E-state index in [9.17, 15) is 9.59 Å². The first-order chi connectivity index (χ1) is 15.6. The van der Waals surface area contributed by atoms with Crippen molar-refractivity contribution in [1.82, 2.24) is 0 Å². The Kier molecular flexibility index (Phi) is 6.23. The Hall–Kier alpha value is -3.65. The Bertz CT molecular complexity index is 1170. The summed E-state index contributed by atoms with van der Waals surface area (Å²) in [4.78, 5) is 28.6. The van der Waals surface area contributed by atoms with Crippen LogP contribution in [0.3, 0.4) is 0 Å². The lowest BCUT2D eigenvalue weighted by Gasteiger charge is -2.19. The monoisotopic (exact) mass is 451 g/mol. The summed E-state index contributed by atoms with van der Waals surface area (Å²) >= 11 is 1.26. The number of imide groups is 1. The minimum Gasteiger partial charge on any atom is -0.497 e. The summed E-state index contributed by atoms with van der Waals surface area (Å²) in [5, 5.41) is 0. The fourth-order valence-electron chi connectivity index (χ4n) is 3.38. The number of carbonyl (C=O) groups excluding carboxylic acids is 2. The molecule has 0 unspecified atom stereocenters. The number of benzene rings is 2. The van der Waals surface area contributed by atoms with Gasteiger partial charge in [-0.25, -0.2) is 4.90 Å². The Morgan fingerprint density at radius 2 is 1.59 bits per heavy atom. The van der Waals surface area contributed by atoms with Crippen LogP contribution in [-0.2, 0) is 15.3 Å². The summed E-state index contributed by atoms with van der Waals surface area (Å²) < 4.78 is 21.3. The second-order valence-corrected chi connectivity index (χ2v) is 7.77. The van der Waals surface area contributed by atoms with Crippen LogP contribution in [-0.4, -0.2) is 33.1 Å². The van der Waals surface area contributed by atoms with E-state index < -0.39 is 11.8 Å². The van der Waals surface area contributed by atoms with Crippen LogP contribution in [0.4, 0.5) is 5.69 Å². The molecule has 0 N–H and O–H groups in total. The quantitative estimate of drug-likeness (QED) is 0.466. The van der Waals surface area contributed by atoms with Crippen LogP contribution in [0.15, 0.2) is 70.2 Å². The molecule has 1 aromatic heterocycles. The highest BCUT2D eigenvalue weighted by molar-refractivity contribution is 8.03. The van der Waals surface area contributed by atoms with Crippen molar-refractivity contribution in [1.29, 1.82) is 0 Å². The van der Waals surface area contributed by atoms with Crippen molar-refractivity contribution < 1.29 is 28.2 Å². The summed E-state index contributed by atoms with van der Waals surface area (Å²) in [5.41, 5.74) is 1.26. The topological polar surface area (TPSA) is 78.2 Å². The van der Waals surface area contributed by atoms with Gasteiger partial charge in [0.2, 0.25) is 0 Å². The maximum Gasteiger partial charge on any atom is 0.272 e. The van der Waals surface area contributed by atoms with E-state index in [-0.39, 0.29) is 0 Å². The zero-order chi connectivity index (χ0) is 22.7. The predicted octanol–water partition coefficient (Wildman–Crippen LogP) is 4.52. The van der Waals surface area contributed by atoms with Gasteiger partial charge in [0, 0.05) is 6.07 Å². The summed E-state index contributed by atoms with van der Waals surface area (Å²) in [6, 6.07) is 15.6. The number of ether oxygens (including phenoxy) is 3. The van der Waals surface area contributed by atoms with Crippen LogP contribution < -0.4 is 19.1 Å². The van der Waals surface area contributed by atoms with Gasteiger partial charge in [-0.15, -0.1) is 11.8 Å². The number of furan rings is 1. The summed E-state index contributed by atoms with van der Waals surface area (Å²) in [5.74, 6) is 1.79. The maximum atomic E-state index is 13.6. The van der Waals surface area contributed by atoms with Gasteiger partial charge in [-0.3, -0.25) is 9.59 Å². The first-order valence-corrected chi connectivity index (χ1v) is 10.7. The van der Waals surface area contributed by atoms with E-state index >= 15 is 0 Å². The molecule has 32 heavy (non-hydrogen) atoms. The number of hydrogen-bond acceptors (Lipinski definition) is 7. The maximum absolute atomic E-state index is 13.6. The van der Waals surface area contributed by atoms with E-state index in [0.717, 1.165) is 4.90 Å². The molecule has 3 aromatic rings. The van der Waals surface area contributed by atoms with Crippen molar-refractivity contribution in [3.63, 3.8) is 0 Å². The highest BCUT2D eigenvalue weighted by atomic mass is 32.2. The molecular weight excluding hydrogens is 430 g/mol. The lowest BCUT2D eigenvalue weighted by Crippen LogP contribution is -2.31. The summed E-state index contributed by atoms with van der Waals surface area (Å²) in [6.45, 7) is 0. The van der Waals surface area contributed by atoms with E-state index in [0.29, 0.717) is 50.5 Å². The highest BCUT2D eigenvalue weighted by Gasteiger charge is 2.41. The summed E-state index contributed by atoms with van der Waals surface area (Å²) in [7, 11) is 4.57. The number of anilines is 1. The van der Waals surface area contributed by atoms with Gasteiger partial charge in [-0.1, -0.05) is 12.1 Å². The van der Waals surface area contributed by atoms with Crippen molar-refractivity contribution in [3.8, 4) is 17.2 Å². The van der Waals surface area contributed by atoms with E-state index in [1.165, 1.54) is 26.0 Å². The third kappa shape index (κ3) is 3.97. The lowest BCUT2D eigenvalue weighted by atomic mass is 10.1. The third-order valence-electron chi connectivity index (χ3n) is 4.99. The molecule has 1 aliphatic rings. The molecule has 8 heteroatoms. The molecule has 7 nitrogen and oxygen atoms in total. The van der Waals surface area contributed by atoms with Crippen LogP contribution >= 0.6 is 11.8 Å². The third-order valence-corrected chi connectivity index (χ3v) is 6.08. The molecule has 0 saturated carbocycles. The smallest absolute Gasteiger partial charge is 0.272 e. The number of amides is 2. The average Bonchev–Trinajstić information content (AvgIpc) is 3.43. The van der Waals surface area contributed by atoms with Crippen molar-refractivity contribution in [2.45, 2.75) is 5.75 Å². The molecule has 1 aliphatic heterocycles. The zero-order valence-electron chi connectivity index (χ0n) is 17.8. The van der Waals surface area contributed by atoms with Gasteiger partial charge in [0.1, 0.15) is 23.0 Å². The number of hydrogen-bond donors (Lipinski definition) is 0. The fraction of sp³-hybridized carbons (Fsp3) is 0.167. The lowest BCUT2D eigenvalue weighted by molar-refractivity contribution is -0.119. The molecule has 0 atom stereocenters. The highest BCUT2D eigenvalue weighted by Crippen LogP contribution is 2.43. The van der Waals surface area contributed by atoms with Crippen LogP contribution in [0.1, 0.15) is 11.3 Å². The Morgan fingerprint density at radius 3 is 2.22 bits per heavy atom. The number of rotatable bonds is 8. The van der Waals surface area contributed by atoms with Crippen LogP contribution in [0.25, 0.3) is 5.57 Å². The summed E-state index contributed by atoms with van der Waals surface area (Å²) in [6.07, 6.45) is 1.57. The zero-order valence-corrected chi connectivity index (χ0v) is 18.6. The molecule has 2 aromatic carbocycles. The van der Waals surface area contributed by atoms with Gasteiger partial charge < -0.3 is 18.6 Å². The van der Waals surface area contributed by atoms with Gasteiger partial charge in [0.15, 0.2) is 0 Å². The van der Waals surface area contributed by atoms with Gasteiger partial charge in [-0.2, -0.15) is 0 Å². The standard InChI is InChI=1S/C24H21NO6S/c1-28-16-8-6-15(7-9-16)21-22(32-14-18-5-4-12-31-18)24(27)25(23(21)26)19-13-17(29-2)10-11-20(19)30-3/h4-13H,14H2,1-3H3. The number of thioether (sulfide) groups is 1. The van der Waals surface area contributed by atoms with Crippen molar-refractivity contribution in [2.24, 2.45) is 0 Å². The SMILES string of the molecule is COc1ccc(C2=C(SCc3ccco3)C(=O)N(c3cc(OC)ccc3OC)C2=O)cc1. The Labute approximate surface area is 189 Å². The Morgan fingerprint density at radius 1 is 0.875 bits per heavy atom. The molecule has 0 saturated heterocycles. The van der Waals surface area contributed by atoms with Gasteiger partial charge in [0.25, 0.3) is 11.8 Å². The molecular formula is C24H21NO6S. The predicted molar refractivity (Wildman–Crippen MR) is 122 cm³/mol. The van der Waals surface area contributed by atoms with Gasteiger partial charge >= 0.3 is 0 Å². The molecule has 0 spiro atoms.